The fourth-order valence-electron chi connectivity index (χ4n) is 3.77. The minimum atomic E-state index is -0.306. The van der Waals surface area contributed by atoms with Crippen molar-refractivity contribution in [2.45, 2.75) is 13.3 Å². The molecule has 0 bridgehead atoms. The number of ether oxygens (including phenoxy) is 2. The van der Waals surface area contributed by atoms with Crippen molar-refractivity contribution < 1.29 is 19.1 Å². The Kier molecular flexibility index (Phi) is 7.95. The van der Waals surface area contributed by atoms with Gasteiger partial charge in [-0.3, -0.25) is 14.8 Å². The van der Waals surface area contributed by atoms with Gasteiger partial charge in [-0.05, 0) is 50.2 Å². The SMILES string of the molecule is CCNC(=O)n1ccc2cc(Oc3ccnc(NC(=O)NCCCN4CCOCC4)c3)ccc21. The highest BCUT2D eigenvalue weighted by atomic mass is 16.5. The average molecular weight is 467 g/mol. The summed E-state index contributed by atoms with van der Waals surface area (Å²) in [5.41, 5.74) is 0.792. The van der Waals surface area contributed by atoms with E-state index in [1.807, 2.05) is 25.1 Å². The summed E-state index contributed by atoms with van der Waals surface area (Å²) in [5, 5.41) is 9.27. The lowest BCUT2D eigenvalue weighted by atomic mass is 10.2. The molecule has 4 rings (SSSR count). The second-order valence-electron chi connectivity index (χ2n) is 7.91. The van der Waals surface area contributed by atoms with Gasteiger partial charge in [0, 0.05) is 50.0 Å². The number of amides is 3. The molecule has 0 atom stereocenters. The Bertz CT molecular complexity index is 1130. The van der Waals surface area contributed by atoms with Crippen LogP contribution in [0.15, 0.2) is 48.8 Å². The Morgan fingerprint density at radius 3 is 2.74 bits per heavy atom. The summed E-state index contributed by atoms with van der Waals surface area (Å²) in [7, 11) is 0. The maximum Gasteiger partial charge on any atom is 0.326 e. The summed E-state index contributed by atoms with van der Waals surface area (Å²) < 4.78 is 12.9. The lowest BCUT2D eigenvalue weighted by Gasteiger charge is -2.26. The van der Waals surface area contributed by atoms with Gasteiger partial charge in [-0.2, -0.15) is 0 Å². The van der Waals surface area contributed by atoms with E-state index >= 15 is 0 Å². The maximum absolute atomic E-state index is 12.2. The molecule has 1 aliphatic rings. The van der Waals surface area contributed by atoms with Crippen LogP contribution in [0.1, 0.15) is 13.3 Å². The number of carbonyl (C=O) groups excluding carboxylic acids is 2. The Balaban J connectivity index is 1.29. The van der Waals surface area contributed by atoms with Crippen LogP contribution in [-0.4, -0.2) is 72.5 Å². The number of hydrogen-bond acceptors (Lipinski definition) is 6. The van der Waals surface area contributed by atoms with E-state index in [-0.39, 0.29) is 12.1 Å². The highest BCUT2D eigenvalue weighted by Gasteiger charge is 2.11. The number of rotatable bonds is 8. The monoisotopic (exact) mass is 466 g/mol. The average Bonchev–Trinajstić information content (AvgIpc) is 3.26. The van der Waals surface area contributed by atoms with Crippen LogP contribution in [0.2, 0.25) is 0 Å². The Hall–Kier alpha value is -3.63. The molecular formula is C24H30N6O4. The molecule has 1 aromatic carbocycles. The van der Waals surface area contributed by atoms with Crippen molar-refractivity contribution in [3.05, 3.63) is 48.8 Å². The minimum absolute atomic E-state index is 0.171. The molecular weight excluding hydrogens is 436 g/mol. The first-order valence-corrected chi connectivity index (χ1v) is 11.5. The van der Waals surface area contributed by atoms with Gasteiger partial charge in [-0.25, -0.2) is 14.6 Å². The molecule has 3 aromatic rings. The predicted molar refractivity (Wildman–Crippen MR) is 130 cm³/mol. The first kappa shape index (κ1) is 23.5. The number of pyridine rings is 1. The fourth-order valence-corrected chi connectivity index (χ4v) is 3.77. The number of aromatic nitrogens is 2. The van der Waals surface area contributed by atoms with E-state index in [9.17, 15) is 9.59 Å². The van der Waals surface area contributed by atoms with E-state index in [4.69, 9.17) is 9.47 Å². The van der Waals surface area contributed by atoms with Gasteiger partial charge in [0.15, 0.2) is 0 Å². The van der Waals surface area contributed by atoms with E-state index in [2.05, 4.69) is 25.8 Å². The number of nitrogens with zero attached hydrogens (tertiary/aromatic N) is 3. The molecule has 3 heterocycles. The summed E-state index contributed by atoms with van der Waals surface area (Å²) in [6.07, 6.45) is 4.18. The smallest absolute Gasteiger partial charge is 0.326 e. The molecule has 0 aliphatic carbocycles. The van der Waals surface area contributed by atoms with Crippen LogP contribution in [0.3, 0.4) is 0 Å². The molecule has 0 saturated carbocycles. The number of carbonyl (C=O) groups is 2. The molecule has 1 fully saturated rings. The van der Waals surface area contributed by atoms with Crippen molar-refractivity contribution in [2.75, 3.05) is 51.3 Å². The minimum Gasteiger partial charge on any atom is -0.457 e. The first-order valence-electron chi connectivity index (χ1n) is 11.5. The highest BCUT2D eigenvalue weighted by molar-refractivity contribution is 5.92. The molecule has 10 nitrogen and oxygen atoms in total. The summed E-state index contributed by atoms with van der Waals surface area (Å²) in [4.78, 5) is 30.9. The molecule has 0 unspecified atom stereocenters. The van der Waals surface area contributed by atoms with Crippen LogP contribution in [-0.2, 0) is 4.74 Å². The van der Waals surface area contributed by atoms with E-state index in [0.717, 1.165) is 50.2 Å². The summed E-state index contributed by atoms with van der Waals surface area (Å²) in [5.74, 6) is 1.55. The molecule has 1 saturated heterocycles. The Labute approximate surface area is 198 Å². The van der Waals surface area contributed by atoms with E-state index in [1.165, 1.54) is 0 Å². The summed E-state index contributed by atoms with van der Waals surface area (Å²) >= 11 is 0. The van der Waals surface area contributed by atoms with Crippen LogP contribution in [0, 0.1) is 0 Å². The van der Waals surface area contributed by atoms with Gasteiger partial charge in [-0.15, -0.1) is 0 Å². The van der Waals surface area contributed by atoms with Gasteiger partial charge in [0.25, 0.3) is 0 Å². The van der Waals surface area contributed by atoms with Gasteiger partial charge in [0.2, 0.25) is 0 Å². The normalized spacial score (nSPS) is 14.0. The molecule has 3 N–H and O–H groups in total. The van der Waals surface area contributed by atoms with Crippen molar-refractivity contribution in [2.24, 2.45) is 0 Å². The lowest BCUT2D eigenvalue weighted by molar-refractivity contribution is 0.0375. The second kappa shape index (κ2) is 11.5. The first-order chi connectivity index (χ1) is 16.6. The third-order valence-electron chi connectivity index (χ3n) is 5.46. The van der Waals surface area contributed by atoms with Crippen LogP contribution < -0.4 is 20.7 Å². The summed E-state index contributed by atoms with van der Waals surface area (Å²) in [6.45, 7) is 7.38. The van der Waals surface area contributed by atoms with Crippen molar-refractivity contribution in [3.8, 4) is 11.5 Å². The predicted octanol–water partition coefficient (Wildman–Crippen LogP) is 3.25. The second-order valence-corrected chi connectivity index (χ2v) is 7.91. The fraction of sp³-hybridized carbons (Fsp3) is 0.375. The van der Waals surface area contributed by atoms with Crippen molar-refractivity contribution in [1.82, 2.24) is 25.1 Å². The number of fused-ring (bicyclic) bond motifs is 1. The van der Waals surface area contributed by atoms with Crippen LogP contribution >= 0.6 is 0 Å². The van der Waals surface area contributed by atoms with Crippen LogP contribution in [0.4, 0.5) is 15.4 Å². The molecule has 34 heavy (non-hydrogen) atoms. The van der Waals surface area contributed by atoms with Crippen molar-refractivity contribution >= 4 is 28.8 Å². The number of hydrogen-bond donors (Lipinski definition) is 3. The van der Waals surface area contributed by atoms with Gasteiger partial charge in [0.1, 0.15) is 17.3 Å². The highest BCUT2D eigenvalue weighted by Crippen LogP contribution is 2.27. The molecule has 2 aromatic heterocycles. The van der Waals surface area contributed by atoms with Gasteiger partial charge >= 0.3 is 12.1 Å². The molecule has 180 valence electrons. The molecule has 0 spiro atoms. The lowest BCUT2D eigenvalue weighted by Crippen LogP contribution is -2.38. The largest absolute Gasteiger partial charge is 0.457 e. The zero-order valence-corrected chi connectivity index (χ0v) is 19.3. The van der Waals surface area contributed by atoms with Gasteiger partial charge in [-0.1, -0.05) is 0 Å². The van der Waals surface area contributed by atoms with Crippen molar-refractivity contribution in [3.63, 3.8) is 0 Å². The Morgan fingerprint density at radius 2 is 1.91 bits per heavy atom. The van der Waals surface area contributed by atoms with E-state index < -0.39 is 0 Å². The third kappa shape index (κ3) is 6.24. The zero-order chi connectivity index (χ0) is 23.8. The number of morpholine rings is 1. The third-order valence-corrected chi connectivity index (χ3v) is 5.46. The van der Waals surface area contributed by atoms with Gasteiger partial charge < -0.3 is 20.1 Å². The van der Waals surface area contributed by atoms with E-state index in [1.54, 1.807) is 35.2 Å². The van der Waals surface area contributed by atoms with Gasteiger partial charge in [0.05, 0.1) is 18.7 Å². The summed E-state index contributed by atoms with van der Waals surface area (Å²) in [6, 6.07) is 10.3. The number of nitrogens with one attached hydrogen (secondary N) is 3. The standard InChI is InChI=1S/C24H30N6O4/c1-2-25-24(32)30-11-7-18-16-19(4-5-21(18)30)34-20-6-9-26-22(17-20)28-23(31)27-8-3-10-29-12-14-33-15-13-29/h4-7,9,11,16-17H,2-3,8,10,12-15H2,1H3,(H,25,32)(H2,26,27,28,31). The zero-order valence-electron chi connectivity index (χ0n) is 19.3. The molecule has 0 radical (unpaired) electrons. The maximum atomic E-state index is 12.2. The number of benzene rings is 1. The van der Waals surface area contributed by atoms with Crippen molar-refractivity contribution in [1.29, 1.82) is 0 Å². The molecule has 1 aliphatic heterocycles. The number of anilines is 1. The molecule has 3 amide bonds. The van der Waals surface area contributed by atoms with Crippen LogP contribution in [0.5, 0.6) is 11.5 Å². The Morgan fingerprint density at radius 1 is 1.09 bits per heavy atom. The topological polar surface area (TPSA) is 110 Å². The number of urea groups is 1. The van der Waals surface area contributed by atoms with E-state index in [0.29, 0.717) is 30.4 Å². The van der Waals surface area contributed by atoms with Crippen LogP contribution in [0.25, 0.3) is 10.9 Å². The molecule has 10 heteroatoms. The quantitative estimate of drug-likeness (QED) is 0.440.